The van der Waals surface area contributed by atoms with Gasteiger partial charge in [-0.25, -0.2) is 9.18 Å². The molecule has 1 aromatic rings. The summed E-state index contributed by atoms with van der Waals surface area (Å²) in [7, 11) is 0. The minimum Gasteiger partial charge on any atom is -0.338 e. The number of rotatable bonds is 6. The molecule has 2 rings (SSSR count). The van der Waals surface area contributed by atoms with Gasteiger partial charge in [0.2, 0.25) is 5.91 Å². The molecule has 0 aliphatic carbocycles. The van der Waals surface area contributed by atoms with Gasteiger partial charge in [0.25, 0.3) is 0 Å². The predicted molar refractivity (Wildman–Crippen MR) is 87.0 cm³/mol. The fourth-order valence-corrected chi connectivity index (χ4v) is 2.71. The van der Waals surface area contributed by atoms with Gasteiger partial charge in [-0.1, -0.05) is 6.07 Å². The number of benzene rings is 1. The van der Waals surface area contributed by atoms with E-state index in [0.717, 1.165) is 6.07 Å². The minimum atomic E-state index is -4.23. The summed E-state index contributed by atoms with van der Waals surface area (Å²) in [6, 6.07) is 4.74. The van der Waals surface area contributed by atoms with Gasteiger partial charge in [0.1, 0.15) is 5.82 Å². The van der Waals surface area contributed by atoms with Crippen molar-refractivity contribution in [2.75, 3.05) is 38.0 Å². The van der Waals surface area contributed by atoms with Gasteiger partial charge in [0.05, 0.1) is 13.1 Å². The molecule has 0 aromatic heterocycles. The maximum absolute atomic E-state index is 13.0. The first-order valence-electron chi connectivity index (χ1n) is 8.07. The number of halogens is 4. The van der Waals surface area contributed by atoms with Crippen LogP contribution in [0.1, 0.15) is 6.42 Å². The highest BCUT2D eigenvalue weighted by molar-refractivity contribution is 5.94. The van der Waals surface area contributed by atoms with Crippen molar-refractivity contribution in [3.8, 4) is 0 Å². The van der Waals surface area contributed by atoms with Crippen LogP contribution >= 0.6 is 0 Å². The Morgan fingerprint density at radius 1 is 1.23 bits per heavy atom. The number of anilines is 1. The van der Waals surface area contributed by atoms with Crippen molar-refractivity contribution < 1.29 is 27.2 Å². The molecule has 144 valence electrons. The minimum absolute atomic E-state index is 0.0655. The number of urea groups is 1. The van der Waals surface area contributed by atoms with Gasteiger partial charge in [-0.15, -0.1) is 0 Å². The molecule has 1 aromatic carbocycles. The molecule has 3 amide bonds. The molecule has 26 heavy (non-hydrogen) atoms. The van der Waals surface area contributed by atoms with Crippen LogP contribution in [0.15, 0.2) is 24.3 Å². The lowest BCUT2D eigenvalue weighted by Crippen LogP contribution is -2.42. The van der Waals surface area contributed by atoms with Crippen LogP contribution < -0.4 is 16.0 Å². The summed E-state index contributed by atoms with van der Waals surface area (Å²) in [5.74, 6) is -1.09. The molecule has 1 heterocycles. The van der Waals surface area contributed by atoms with Crippen LogP contribution in [-0.4, -0.2) is 55.7 Å². The number of carbonyl (C=O) groups excluding carboxylic acids is 2. The van der Waals surface area contributed by atoms with Crippen molar-refractivity contribution in [2.45, 2.75) is 12.6 Å². The molecular weight excluding hydrogens is 356 g/mol. The Morgan fingerprint density at radius 3 is 2.69 bits per heavy atom. The Bertz CT molecular complexity index is 639. The summed E-state index contributed by atoms with van der Waals surface area (Å²) in [5, 5.41) is 7.31. The van der Waals surface area contributed by atoms with E-state index < -0.39 is 30.5 Å². The van der Waals surface area contributed by atoms with E-state index in [9.17, 15) is 27.2 Å². The monoisotopic (exact) mass is 376 g/mol. The first-order valence-corrected chi connectivity index (χ1v) is 8.07. The van der Waals surface area contributed by atoms with Gasteiger partial charge in [0.15, 0.2) is 0 Å². The summed E-state index contributed by atoms with van der Waals surface area (Å²) in [4.78, 5) is 24.6. The number of hydrogen-bond donors (Lipinski definition) is 3. The Labute approximate surface area is 147 Å². The van der Waals surface area contributed by atoms with E-state index in [0.29, 0.717) is 13.0 Å². The third-order valence-corrected chi connectivity index (χ3v) is 3.84. The van der Waals surface area contributed by atoms with E-state index in [-0.39, 0.29) is 31.2 Å². The second-order valence-electron chi connectivity index (χ2n) is 6.13. The molecule has 3 N–H and O–H groups in total. The quantitative estimate of drug-likeness (QED) is 0.665. The predicted octanol–water partition coefficient (Wildman–Crippen LogP) is 1.95. The lowest BCUT2D eigenvalue weighted by atomic mass is 10.1. The summed E-state index contributed by atoms with van der Waals surface area (Å²) in [6.45, 7) is -0.432. The molecule has 0 radical (unpaired) electrons. The van der Waals surface area contributed by atoms with Crippen molar-refractivity contribution in [3.05, 3.63) is 30.1 Å². The zero-order chi connectivity index (χ0) is 19.2. The van der Waals surface area contributed by atoms with E-state index in [2.05, 4.69) is 16.0 Å². The largest absolute Gasteiger partial charge is 0.401 e. The van der Waals surface area contributed by atoms with Gasteiger partial charge >= 0.3 is 12.2 Å². The van der Waals surface area contributed by atoms with Crippen LogP contribution in [0.5, 0.6) is 0 Å². The molecular formula is C16H20F4N4O2. The normalized spacial score (nSPS) is 17.8. The van der Waals surface area contributed by atoms with Crippen LogP contribution in [0.3, 0.4) is 0 Å². The molecule has 0 unspecified atom stereocenters. The molecule has 6 nitrogen and oxygen atoms in total. The van der Waals surface area contributed by atoms with Gasteiger partial charge in [0, 0.05) is 18.8 Å². The zero-order valence-corrected chi connectivity index (χ0v) is 13.9. The number of likely N-dealkylation sites (tertiary alicyclic amines) is 1. The number of carbonyl (C=O) groups is 2. The van der Waals surface area contributed by atoms with Crippen LogP contribution in [0.2, 0.25) is 0 Å². The first kappa shape index (κ1) is 20.0. The Kier molecular flexibility index (Phi) is 6.78. The smallest absolute Gasteiger partial charge is 0.338 e. The Morgan fingerprint density at radius 2 is 2.00 bits per heavy atom. The maximum atomic E-state index is 13.0. The van der Waals surface area contributed by atoms with E-state index in [1.807, 2.05) is 0 Å². The Balaban J connectivity index is 1.62. The standard InChI is InChI=1S/C16H20F4N4O2/c17-12-2-1-3-13(6-12)23-14(25)8-22-15(26)21-7-11-4-5-24(9-11)10-16(18,19)20/h1-3,6,11H,4-5,7-10H2,(H,23,25)(H2,21,22,26)/t11-/m1/s1. The van der Waals surface area contributed by atoms with Crippen molar-refractivity contribution in [1.82, 2.24) is 15.5 Å². The summed E-state index contributed by atoms with van der Waals surface area (Å²) in [5.41, 5.74) is 0.271. The summed E-state index contributed by atoms with van der Waals surface area (Å²) < 4.78 is 50.0. The SMILES string of the molecule is O=C(CNC(=O)NC[C@H]1CCN(CC(F)(F)F)C1)Nc1cccc(F)c1. The molecule has 1 aliphatic heterocycles. The van der Waals surface area contributed by atoms with E-state index in [1.54, 1.807) is 0 Å². The van der Waals surface area contributed by atoms with E-state index in [4.69, 9.17) is 0 Å². The second kappa shape index (κ2) is 8.84. The van der Waals surface area contributed by atoms with Crippen molar-refractivity contribution in [1.29, 1.82) is 0 Å². The third-order valence-electron chi connectivity index (χ3n) is 3.84. The van der Waals surface area contributed by atoms with E-state index in [1.165, 1.54) is 23.1 Å². The van der Waals surface area contributed by atoms with E-state index >= 15 is 0 Å². The van der Waals surface area contributed by atoms with Gasteiger partial charge in [-0.3, -0.25) is 9.69 Å². The molecule has 0 spiro atoms. The van der Waals surface area contributed by atoms with Crippen LogP contribution in [0.25, 0.3) is 0 Å². The number of hydrogen-bond acceptors (Lipinski definition) is 3. The van der Waals surface area contributed by atoms with Crippen LogP contribution in [0, 0.1) is 11.7 Å². The topological polar surface area (TPSA) is 73.5 Å². The molecule has 10 heteroatoms. The lowest BCUT2D eigenvalue weighted by molar-refractivity contribution is -0.143. The summed E-state index contributed by atoms with van der Waals surface area (Å²) in [6.07, 6.45) is -3.66. The molecule has 0 saturated carbocycles. The van der Waals surface area contributed by atoms with Gasteiger partial charge < -0.3 is 16.0 Å². The third kappa shape index (κ3) is 7.26. The fraction of sp³-hybridized carbons (Fsp3) is 0.500. The highest BCUT2D eigenvalue weighted by Gasteiger charge is 2.34. The number of alkyl halides is 3. The molecule has 1 saturated heterocycles. The van der Waals surface area contributed by atoms with Crippen molar-refractivity contribution >= 4 is 17.6 Å². The highest BCUT2D eigenvalue weighted by Crippen LogP contribution is 2.22. The van der Waals surface area contributed by atoms with Gasteiger partial charge in [-0.2, -0.15) is 13.2 Å². The Hall–Kier alpha value is -2.36. The van der Waals surface area contributed by atoms with Gasteiger partial charge in [-0.05, 0) is 37.1 Å². The molecule has 1 aliphatic rings. The molecule has 1 atom stereocenters. The van der Waals surface area contributed by atoms with Crippen LogP contribution in [0.4, 0.5) is 28.0 Å². The number of nitrogens with one attached hydrogen (secondary N) is 3. The zero-order valence-electron chi connectivity index (χ0n) is 13.9. The summed E-state index contributed by atoms with van der Waals surface area (Å²) >= 11 is 0. The fourth-order valence-electron chi connectivity index (χ4n) is 2.71. The molecule has 0 bridgehead atoms. The first-order chi connectivity index (χ1) is 12.2. The lowest BCUT2D eigenvalue weighted by Gasteiger charge is -2.18. The second-order valence-corrected chi connectivity index (χ2v) is 6.13. The van der Waals surface area contributed by atoms with Crippen molar-refractivity contribution in [3.63, 3.8) is 0 Å². The maximum Gasteiger partial charge on any atom is 0.401 e. The van der Waals surface area contributed by atoms with Crippen molar-refractivity contribution in [2.24, 2.45) is 5.92 Å². The average Bonchev–Trinajstić information content (AvgIpc) is 2.96. The van der Waals surface area contributed by atoms with Crippen LogP contribution in [-0.2, 0) is 4.79 Å². The highest BCUT2D eigenvalue weighted by atomic mass is 19.4. The molecule has 1 fully saturated rings. The average molecular weight is 376 g/mol. The number of nitrogens with zero attached hydrogens (tertiary/aromatic N) is 1. The number of amides is 3.